The molecular weight excluding hydrogens is 418 g/mol. The van der Waals surface area contributed by atoms with Gasteiger partial charge in [-0.2, -0.15) is 16.8 Å². The van der Waals surface area contributed by atoms with E-state index in [9.17, 15) is 36.2 Å². The SMILES string of the molecule is CC(C)(c1ccc([O-])cc1S(=O)(=O)O)c1ccc([O-])cc1S(=O)(=O)O.[Na+].[Na+]. The summed E-state index contributed by atoms with van der Waals surface area (Å²) in [5.74, 6) is -1.34. The molecule has 0 aliphatic rings. The third-order valence-electron chi connectivity index (χ3n) is 3.81. The second kappa shape index (κ2) is 9.12. The minimum absolute atomic E-state index is 0. The monoisotopic (exact) mass is 432 g/mol. The Balaban J connectivity index is 0.00000338. The molecule has 0 aliphatic heterocycles. The Hall–Kier alpha value is -0.140. The van der Waals surface area contributed by atoms with Gasteiger partial charge in [0.1, 0.15) is 0 Å². The molecule has 0 aromatic heterocycles. The molecular formula is C15H14Na2O8S2. The summed E-state index contributed by atoms with van der Waals surface area (Å²) >= 11 is 0. The molecule has 0 atom stereocenters. The van der Waals surface area contributed by atoms with Gasteiger partial charge in [0, 0.05) is 5.41 Å². The van der Waals surface area contributed by atoms with E-state index >= 15 is 0 Å². The van der Waals surface area contributed by atoms with Gasteiger partial charge in [0.25, 0.3) is 20.2 Å². The minimum Gasteiger partial charge on any atom is -0.872 e. The van der Waals surface area contributed by atoms with Gasteiger partial charge in [-0.05, 0) is 23.3 Å². The molecule has 27 heavy (non-hydrogen) atoms. The summed E-state index contributed by atoms with van der Waals surface area (Å²) in [5.41, 5.74) is -1.53. The molecule has 0 unspecified atom stereocenters. The quantitative estimate of drug-likeness (QED) is 0.359. The summed E-state index contributed by atoms with van der Waals surface area (Å²) in [6.45, 7) is 2.85. The molecule has 0 heterocycles. The Morgan fingerprint density at radius 2 is 1.04 bits per heavy atom. The molecule has 0 fully saturated rings. The summed E-state index contributed by atoms with van der Waals surface area (Å²) in [7, 11) is -9.55. The summed E-state index contributed by atoms with van der Waals surface area (Å²) in [6, 6.07) is 5.82. The van der Waals surface area contributed by atoms with Crippen molar-refractivity contribution in [2.24, 2.45) is 0 Å². The molecule has 2 N–H and O–H groups in total. The number of hydrogen-bond donors (Lipinski definition) is 2. The molecule has 0 aliphatic carbocycles. The van der Waals surface area contributed by atoms with E-state index in [2.05, 4.69) is 0 Å². The Morgan fingerprint density at radius 3 is 1.30 bits per heavy atom. The standard InChI is InChI=1S/C15H16O8S2.2Na/c1-15(2,11-5-3-9(16)7-13(11)24(18,19)20)12-6-4-10(17)8-14(12)25(21,22)23;;/h3-8,16-17H,1-2H3,(H,18,19,20)(H,21,22,23);;/q;2*+1/p-2. The molecule has 8 nitrogen and oxygen atoms in total. The van der Waals surface area contributed by atoms with E-state index in [1.165, 1.54) is 13.8 Å². The zero-order valence-electron chi connectivity index (χ0n) is 15.1. The molecule has 12 heteroatoms. The van der Waals surface area contributed by atoms with Gasteiger partial charge >= 0.3 is 59.1 Å². The zero-order chi connectivity index (χ0) is 19.2. The minimum atomic E-state index is -4.78. The first-order chi connectivity index (χ1) is 11.2. The average Bonchev–Trinajstić information content (AvgIpc) is 2.44. The predicted molar refractivity (Wildman–Crippen MR) is 83.5 cm³/mol. The van der Waals surface area contributed by atoms with Gasteiger partial charge in [-0.1, -0.05) is 38.1 Å². The maximum absolute atomic E-state index is 11.6. The van der Waals surface area contributed by atoms with Crippen molar-refractivity contribution in [1.29, 1.82) is 0 Å². The van der Waals surface area contributed by atoms with Gasteiger partial charge in [-0.15, -0.1) is 11.5 Å². The maximum Gasteiger partial charge on any atom is 1.00 e. The van der Waals surface area contributed by atoms with Crippen LogP contribution in [0.5, 0.6) is 11.5 Å². The number of benzene rings is 2. The first-order valence-electron chi connectivity index (χ1n) is 6.82. The van der Waals surface area contributed by atoms with Crippen LogP contribution in [0, 0.1) is 0 Å². The van der Waals surface area contributed by atoms with Crippen LogP contribution in [0.2, 0.25) is 0 Å². The van der Waals surface area contributed by atoms with Gasteiger partial charge in [-0.25, -0.2) is 0 Å². The Kier molecular flexibility index (Phi) is 9.07. The second-order valence-electron chi connectivity index (χ2n) is 5.89. The van der Waals surface area contributed by atoms with Crippen molar-refractivity contribution in [2.45, 2.75) is 29.1 Å². The topological polar surface area (TPSA) is 155 Å². The molecule has 0 saturated carbocycles. The number of rotatable bonds is 4. The zero-order valence-corrected chi connectivity index (χ0v) is 20.8. The van der Waals surface area contributed by atoms with Gasteiger partial charge in [0.05, 0.1) is 9.79 Å². The van der Waals surface area contributed by atoms with E-state index < -0.39 is 46.9 Å². The van der Waals surface area contributed by atoms with E-state index in [1.807, 2.05) is 0 Å². The van der Waals surface area contributed by atoms with Crippen molar-refractivity contribution >= 4 is 20.2 Å². The average molecular weight is 432 g/mol. The Labute approximate surface area is 201 Å². The molecule has 0 saturated heterocycles. The van der Waals surface area contributed by atoms with E-state index in [1.54, 1.807) is 0 Å². The molecule has 2 aromatic carbocycles. The Morgan fingerprint density at radius 1 is 0.741 bits per heavy atom. The van der Waals surface area contributed by atoms with Crippen LogP contribution in [0.3, 0.4) is 0 Å². The Bertz CT molecular complexity index is 964. The van der Waals surface area contributed by atoms with Gasteiger partial charge in [0.15, 0.2) is 0 Å². The fraction of sp³-hybridized carbons (Fsp3) is 0.200. The fourth-order valence-corrected chi connectivity index (χ4v) is 4.34. The molecule has 0 bridgehead atoms. The van der Waals surface area contributed by atoms with Gasteiger partial charge in [-0.3, -0.25) is 9.11 Å². The van der Waals surface area contributed by atoms with Crippen LogP contribution in [0.15, 0.2) is 46.2 Å². The summed E-state index contributed by atoms with van der Waals surface area (Å²) in [6.07, 6.45) is 0. The van der Waals surface area contributed by atoms with E-state index in [-0.39, 0.29) is 70.2 Å². The van der Waals surface area contributed by atoms with Gasteiger partial charge in [0.2, 0.25) is 0 Å². The first kappa shape index (κ1) is 26.9. The summed E-state index contributed by atoms with van der Waals surface area (Å²) in [5, 5.41) is 22.9. The molecule has 0 spiro atoms. The van der Waals surface area contributed by atoms with Crippen LogP contribution in [-0.2, 0) is 25.7 Å². The van der Waals surface area contributed by atoms with Crippen LogP contribution >= 0.6 is 0 Å². The molecule has 2 rings (SSSR count). The van der Waals surface area contributed by atoms with Crippen LogP contribution in [-0.4, -0.2) is 25.9 Å². The second-order valence-corrected chi connectivity index (χ2v) is 8.67. The molecule has 0 radical (unpaired) electrons. The van der Waals surface area contributed by atoms with Crippen molar-refractivity contribution in [3.8, 4) is 11.5 Å². The smallest absolute Gasteiger partial charge is 0.872 e. The third-order valence-corrected chi connectivity index (χ3v) is 5.60. The van der Waals surface area contributed by atoms with E-state index in [4.69, 9.17) is 0 Å². The number of hydrogen-bond acceptors (Lipinski definition) is 6. The predicted octanol–water partition coefficient (Wildman–Crippen LogP) is -5.34. The largest absolute Gasteiger partial charge is 1.00 e. The summed E-state index contributed by atoms with van der Waals surface area (Å²) in [4.78, 5) is -1.37. The fourth-order valence-electron chi connectivity index (χ4n) is 2.61. The van der Waals surface area contributed by atoms with Crippen molar-refractivity contribution in [1.82, 2.24) is 0 Å². The van der Waals surface area contributed by atoms with Gasteiger partial charge < -0.3 is 10.2 Å². The molecule has 0 amide bonds. The van der Waals surface area contributed by atoms with Crippen LogP contribution in [0.4, 0.5) is 0 Å². The molecule has 2 aromatic rings. The normalized spacial score (nSPS) is 12.0. The first-order valence-corrected chi connectivity index (χ1v) is 9.70. The van der Waals surface area contributed by atoms with Crippen molar-refractivity contribution < 1.29 is 95.3 Å². The maximum atomic E-state index is 11.6. The van der Waals surface area contributed by atoms with Crippen molar-refractivity contribution in [3.63, 3.8) is 0 Å². The summed E-state index contributed by atoms with van der Waals surface area (Å²) < 4.78 is 65.3. The molecule has 136 valence electrons. The van der Waals surface area contributed by atoms with Crippen LogP contribution < -0.4 is 69.3 Å². The van der Waals surface area contributed by atoms with Crippen LogP contribution in [0.1, 0.15) is 25.0 Å². The third kappa shape index (κ3) is 5.92. The van der Waals surface area contributed by atoms with E-state index in [0.717, 1.165) is 24.3 Å². The van der Waals surface area contributed by atoms with Crippen LogP contribution in [0.25, 0.3) is 0 Å². The van der Waals surface area contributed by atoms with Crippen molar-refractivity contribution in [3.05, 3.63) is 47.5 Å². The van der Waals surface area contributed by atoms with E-state index in [0.29, 0.717) is 12.1 Å². The van der Waals surface area contributed by atoms with Crippen molar-refractivity contribution in [2.75, 3.05) is 0 Å².